The lowest BCUT2D eigenvalue weighted by atomic mass is 10.2. The summed E-state index contributed by atoms with van der Waals surface area (Å²) >= 11 is 0. The number of hydrogen-bond donors (Lipinski definition) is 2. The fraction of sp³-hybridized carbons (Fsp3) is 0.242. The lowest BCUT2D eigenvalue weighted by Crippen LogP contribution is -2.44. The first-order valence-electron chi connectivity index (χ1n) is 14.7. The molecule has 0 radical (unpaired) electrons. The summed E-state index contributed by atoms with van der Waals surface area (Å²) in [4.78, 5) is 59.8. The molecule has 0 bridgehead atoms. The van der Waals surface area contributed by atoms with Gasteiger partial charge in [-0.3, -0.25) is 23.9 Å². The molecule has 13 nitrogen and oxygen atoms in total. The quantitative estimate of drug-likeness (QED) is 0.271. The lowest BCUT2D eigenvalue weighted by Gasteiger charge is -2.24. The smallest absolute Gasteiger partial charge is 0.336 e. The number of ether oxygens (including phenoxy) is 2. The van der Waals surface area contributed by atoms with E-state index >= 15 is 4.39 Å². The molecule has 0 atom stereocenters. The average Bonchev–Trinajstić information content (AvgIpc) is 3.06. The van der Waals surface area contributed by atoms with E-state index in [0.29, 0.717) is 24.3 Å². The molecule has 4 aromatic rings. The zero-order valence-electron chi connectivity index (χ0n) is 26.0. The highest BCUT2D eigenvalue weighted by Gasteiger charge is 2.21. The van der Waals surface area contributed by atoms with E-state index in [-0.39, 0.29) is 34.3 Å². The van der Waals surface area contributed by atoms with Crippen molar-refractivity contribution in [3.63, 3.8) is 0 Å². The summed E-state index contributed by atoms with van der Waals surface area (Å²) in [5.74, 6) is 3.10. The number of halogens is 2. The number of benzene rings is 2. The fourth-order valence-corrected chi connectivity index (χ4v) is 4.62. The van der Waals surface area contributed by atoms with E-state index in [2.05, 4.69) is 27.0 Å². The minimum atomic E-state index is -1.03. The largest absolute Gasteiger partial charge is 0.453 e. The molecule has 1 saturated heterocycles. The van der Waals surface area contributed by atoms with Gasteiger partial charge in [-0.1, -0.05) is 11.8 Å². The molecule has 2 aromatic carbocycles. The Morgan fingerprint density at radius 1 is 1.06 bits per heavy atom. The number of aromatic nitrogens is 3. The molecule has 1 aliphatic rings. The second-order valence-electron chi connectivity index (χ2n) is 10.8. The Balaban J connectivity index is 1.40. The van der Waals surface area contributed by atoms with Gasteiger partial charge in [0.1, 0.15) is 35.1 Å². The first-order chi connectivity index (χ1) is 23.0. The number of morpholine rings is 1. The zero-order valence-corrected chi connectivity index (χ0v) is 26.0. The van der Waals surface area contributed by atoms with Crippen LogP contribution in [0.1, 0.15) is 15.9 Å². The van der Waals surface area contributed by atoms with Crippen molar-refractivity contribution in [2.45, 2.75) is 6.54 Å². The standard InChI is InChI=1S/C33H31F2N7O6/c1-39(2)29(43)20-41-19-25(32(45)42(33(41)46)23-8-5-21(34)6-9-23)31(44)38-22-7-10-28(26(35)18-22)48-27-11-12-37-30(36)24(27)4-3-13-40-14-16-47-17-15-40/h5-12,18-19H,13-17,20H2,1-2H3,(H2,36,37)(H,38,44). The normalized spacial score (nSPS) is 12.9. The number of hydrogen-bond acceptors (Lipinski definition) is 9. The van der Waals surface area contributed by atoms with Crippen LogP contribution in [0.15, 0.2) is 70.5 Å². The van der Waals surface area contributed by atoms with Gasteiger partial charge in [0.2, 0.25) is 5.91 Å². The second-order valence-corrected chi connectivity index (χ2v) is 10.8. The summed E-state index contributed by atoms with van der Waals surface area (Å²) in [6.07, 6.45) is 2.35. The minimum absolute atomic E-state index is 0.0263. The van der Waals surface area contributed by atoms with Gasteiger partial charge in [-0.15, -0.1) is 0 Å². The maximum absolute atomic E-state index is 15.3. The van der Waals surface area contributed by atoms with Gasteiger partial charge in [0.25, 0.3) is 11.5 Å². The number of likely N-dealkylation sites (N-methyl/N-ethyl adjacent to an activating group) is 1. The van der Waals surface area contributed by atoms with Crippen LogP contribution in [0.2, 0.25) is 0 Å². The van der Waals surface area contributed by atoms with E-state index in [9.17, 15) is 23.6 Å². The number of amides is 2. The van der Waals surface area contributed by atoms with Crippen LogP contribution in [0, 0.1) is 23.5 Å². The number of rotatable bonds is 8. The Bertz CT molecular complexity index is 2030. The van der Waals surface area contributed by atoms with Crippen molar-refractivity contribution in [1.29, 1.82) is 0 Å². The number of nitrogens with one attached hydrogen (secondary N) is 1. The van der Waals surface area contributed by atoms with Crippen LogP contribution in [-0.4, -0.2) is 82.7 Å². The SMILES string of the molecule is CN(C)C(=O)Cn1cc(C(=O)Nc2ccc(Oc3ccnc(N)c3C#CCN3CCOCC3)c(F)c2)c(=O)n(-c2ccc(F)cc2)c1=O. The minimum Gasteiger partial charge on any atom is -0.453 e. The van der Waals surface area contributed by atoms with Gasteiger partial charge in [-0.05, 0) is 36.4 Å². The summed E-state index contributed by atoms with van der Waals surface area (Å²) < 4.78 is 41.5. The van der Waals surface area contributed by atoms with Crippen molar-refractivity contribution >= 4 is 23.3 Å². The monoisotopic (exact) mass is 659 g/mol. The Kier molecular flexibility index (Phi) is 10.3. The van der Waals surface area contributed by atoms with Gasteiger partial charge >= 0.3 is 5.69 Å². The molecule has 0 saturated carbocycles. The van der Waals surface area contributed by atoms with Gasteiger partial charge in [-0.2, -0.15) is 0 Å². The van der Waals surface area contributed by atoms with Crippen molar-refractivity contribution in [3.05, 3.63) is 105 Å². The molecule has 1 fully saturated rings. The third-order valence-electron chi connectivity index (χ3n) is 7.26. The van der Waals surface area contributed by atoms with E-state index < -0.39 is 46.8 Å². The topological polar surface area (TPSA) is 154 Å². The van der Waals surface area contributed by atoms with Crippen LogP contribution in [0.3, 0.4) is 0 Å². The number of anilines is 2. The highest BCUT2D eigenvalue weighted by molar-refractivity contribution is 6.04. The summed E-state index contributed by atoms with van der Waals surface area (Å²) in [5, 5.41) is 2.44. The van der Waals surface area contributed by atoms with E-state index in [1.165, 1.54) is 55.5 Å². The van der Waals surface area contributed by atoms with Gasteiger partial charge in [0, 0.05) is 57.4 Å². The van der Waals surface area contributed by atoms with E-state index in [0.717, 1.165) is 42.1 Å². The van der Waals surface area contributed by atoms with Crippen molar-refractivity contribution in [2.24, 2.45) is 0 Å². The maximum atomic E-state index is 15.3. The first-order valence-corrected chi connectivity index (χ1v) is 14.7. The predicted molar refractivity (Wildman–Crippen MR) is 172 cm³/mol. The van der Waals surface area contributed by atoms with Crippen molar-refractivity contribution < 1.29 is 27.8 Å². The zero-order chi connectivity index (χ0) is 34.4. The molecule has 3 N–H and O–H groups in total. The summed E-state index contributed by atoms with van der Waals surface area (Å²) in [5.41, 5.74) is 3.77. The Morgan fingerprint density at radius 3 is 2.48 bits per heavy atom. The number of nitrogen functional groups attached to an aromatic ring is 1. The number of nitrogens with two attached hydrogens (primary N) is 1. The number of carbonyl (C=O) groups excluding carboxylic acids is 2. The molecule has 1 aliphatic heterocycles. The van der Waals surface area contributed by atoms with Crippen molar-refractivity contribution in [3.8, 4) is 29.0 Å². The van der Waals surface area contributed by atoms with Crippen LogP contribution < -0.4 is 27.0 Å². The Hall–Kier alpha value is -5.85. The number of pyridine rings is 1. The Labute approximate surface area is 273 Å². The summed E-state index contributed by atoms with van der Waals surface area (Å²) in [7, 11) is 2.95. The molecule has 15 heteroatoms. The molecule has 5 rings (SSSR count). The number of carbonyl (C=O) groups is 2. The van der Waals surface area contributed by atoms with Crippen LogP contribution in [0.5, 0.6) is 11.5 Å². The molecule has 2 aromatic heterocycles. The van der Waals surface area contributed by atoms with E-state index in [1.807, 2.05) is 0 Å². The van der Waals surface area contributed by atoms with Gasteiger partial charge in [0.05, 0.1) is 25.4 Å². The van der Waals surface area contributed by atoms with Gasteiger partial charge in [-0.25, -0.2) is 23.1 Å². The van der Waals surface area contributed by atoms with Gasteiger partial charge in [0.15, 0.2) is 11.6 Å². The molecule has 2 amide bonds. The molecular weight excluding hydrogens is 628 g/mol. The lowest BCUT2D eigenvalue weighted by molar-refractivity contribution is -0.129. The fourth-order valence-electron chi connectivity index (χ4n) is 4.62. The molecule has 0 spiro atoms. The van der Waals surface area contributed by atoms with E-state index in [4.69, 9.17) is 15.2 Å². The first kappa shape index (κ1) is 33.5. The van der Waals surface area contributed by atoms with Crippen LogP contribution in [-0.2, 0) is 16.1 Å². The van der Waals surface area contributed by atoms with Crippen LogP contribution in [0.4, 0.5) is 20.3 Å². The third-order valence-corrected chi connectivity index (χ3v) is 7.26. The highest BCUT2D eigenvalue weighted by Crippen LogP contribution is 2.30. The average molecular weight is 660 g/mol. The summed E-state index contributed by atoms with van der Waals surface area (Å²) in [6.45, 7) is 2.72. The molecule has 3 heterocycles. The van der Waals surface area contributed by atoms with Crippen LogP contribution in [0.25, 0.3) is 5.69 Å². The molecule has 0 aliphatic carbocycles. The molecule has 48 heavy (non-hydrogen) atoms. The Morgan fingerprint density at radius 2 is 1.79 bits per heavy atom. The summed E-state index contributed by atoms with van der Waals surface area (Å²) in [6, 6.07) is 9.52. The third kappa shape index (κ3) is 7.74. The van der Waals surface area contributed by atoms with E-state index in [1.54, 1.807) is 0 Å². The molecule has 248 valence electrons. The molecule has 0 unspecified atom stereocenters. The highest BCUT2D eigenvalue weighted by atomic mass is 19.1. The van der Waals surface area contributed by atoms with Gasteiger partial charge < -0.3 is 25.4 Å². The number of nitrogens with zero attached hydrogens (tertiary/aromatic N) is 5. The second kappa shape index (κ2) is 14.7. The van der Waals surface area contributed by atoms with Crippen molar-refractivity contribution in [2.75, 3.05) is 58.0 Å². The predicted octanol–water partition coefficient (Wildman–Crippen LogP) is 2.07. The van der Waals surface area contributed by atoms with Crippen molar-refractivity contribution in [1.82, 2.24) is 23.9 Å². The maximum Gasteiger partial charge on any atom is 0.336 e. The molecular formula is C33H31F2N7O6. The van der Waals surface area contributed by atoms with Crippen LogP contribution >= 0.6 is 0 Å².